The number of carbonyl (C=O) groups excluding carboxylic acids is 3. The molecule has 3 aromatic carbocycles. The first-order chi connectivity index (χ1) is 19.4. The SMILES string of the molecule is COC(=O)CCc1ccc(CNC(=O)[C@@H](CCCN=C(N)N)NC(=O)C(c2ccccc2)c2ccccc2)cc1. The molecule has 3 aromatic rings. The summed E-state index contributed by atoms with van der Waals surface area (Å²) < 4.78 is 4.69. The summed E-state index contributed by atoms with van der Waals surface area (Å²) in [5.41, 5.74) is 14.4. The Morgan fingerprint density at radius 2 is 1.40 bits per heavy atom. The molecular weight excluding hydrogens is 506 g/mol. The number of rotatable bonds is 14. The molecule has 0 saturated heterocycles. The van der Waals surface area contributed by atoms with Gasteiger partial charge in [0.1, 0.15) is 6.04 Å². The highest BCUT2D eigenvalue weighted by Crippen LogP contribution is 2.25. The van der Waals surface area contributed by atoms with Crippen LogP contribution in [-0.2, 0) is 32.1 Å². The maximum Gasteiger partial charge on any atom is 0.305 e. The number of ether oxygens (including phenoxy) is 1. The van der Waals surface area contributed by atoms with Crippen LogP contribution in [0.15, 0.2) is 89.9 Å². The van der Waals surface area contributed by atoms with Gasteiger partial charge in [-0.1, -0.05) is 84.9 Å². The Bertz CT molecular complexity index is 1220. The third-order valence-electron chi connectivity index (χ3n) is 6.44. The summed E-state index contributed by atoms with van der Waals surface area (Å²) in [7, 11) is 1.37. The molecule has 6 N–H and O–H groups in total. The van der Waals surface area contributed by atoms with Crippen LogP contribution in [0.2, 0.25) is 0 Å². The molecule has 0 bridgehead atoms. The first-order valence-corrected chi connectivity index (χ1v) is 13.3. The fourth-order valence-corrected chi connectivity index (χ4v) is 4.30. The van der Waals surface area contributed by atoms with Crippen molar-refractivity contribution in [2.45, 2.75) is 44.2 Å². The zero-order chi connectivity index (χ0) is 28.7. The number of hydrogen-bond acceptors (Lipinski definition) is 5. The molecule has 0 radical (unpaired) electrons. The summed E-state index contributed by atoms with van der Waals surface area (Å²) in [5.74, 6) is -1.42. The van der Waals surface area contributed by atoms with Gasteiger partial charge < -0.3 is 26.8 Å². The van der Waals surface area contributed by atoms with Crippen molar-refractivity contribution < 1.29 is 19.1 Å². The van der Waals surface area contributed by atoms with E-state index in [1.165, 1.54) is 7.11 Å². The molecule has 0 spiro atoms. The van der Waals surface area contributed by atoms with Crippen molar-refractivity contribution in [3.05, 3.63) is 107 Å². The highest BCUT2D eigenvalue weighted by Gasteiger charge is 2.27. The summed E-state index contributed by atoms with van der Waals surface area (Å²) in [6.45, 7) is 0.632. The third kappa shape index (κ3) is 9.58. The molecule has 0 fully saturated rings. The van der Waals surface area contributed by atoms with Crippen molar-refractivity contribution in [1.82, 2.24) is 10.6 Å². The van der Waals surface area contributed by atoms with E-state index < -0.39 is 12.0 Å². The predicted molar refractivity (Wildman–Crippen MR) is 155 cm³/mol. The number of carbonyl (C=O) groups is 3. The Kier molecular flexibility index (Phi) is 11.7. The Hall–Kier alpha value is -4.66. The van der Waals surface area contributed by atoms with Crippen molar-refractivity contribution >= 4 is 23.7 Å². The van der Waals surface area contributed by atoms with Crippen LogP contribution in [0.4, 0.5) is 0 Å². The molecule has 0 unspecified atom stereocenters. The molecule has 0 aliphatic rings. The summed E-state index contributed by atoms with van der Waals surface area (Å²) >= 11 is 0. The Labute approximate surface area is 235 Å². The van der Waals surface area contributed by atoms with Crippen molar-refractivity contribution in [2.24, 2.45) is 16.5 Å². The van der Waals surface area contributed by atoms with Crippen LogP contribution in [0.25, 0.3) is 0 Å². The van der Waals surface area contributed by atoms with E-state index >= 15 is 0 Å². The lowest BCUT2D eigenvalue weighted by Crippen LogP contribution is -2.48. The number of benzene rings is 3. The van der Waals surface area contributed by atoms with E-state index in [0.29, 0.717) is 32.2 Å². The smallest absolute Gasteiger partial charge is 0.305 e. The largest absolute Gasteiger partial charge is 0.469 e. The fraction of sp³-hybridized carbons (Fsp3) is 0.290. The predicted octanol–water partition coefficient (Wildman–Crippen LogP) is 2.78. The van der Waals surface area contributed by atoms with E-state index in [4.69, 9.17) is 11.5 Å². The summed E-state index contributed by atoms with van der Waals surface area (Å²) in [5, 5.41) is 5.91. The first-order valence-electron chi connectivity index (χ1n) is 13.3. The van der Waals surface area contributed by atoms with Crippen LogP contribution in [-0.4, -0.2) is 43.4 Å². The van der Waals surface area contributed by atoms with Crippen molar-refractivity contribution in [2.75, 3.05) is 13.7 Å². The quantitative estimate of drug-likeness (QED) is 0.106. The minimum atomic E-state index is -0.782. The van der Waals surface area contributed by atoms with Crippen molar-refractivity contribution in [1.29, 1.82) is 0 Å². The number of amides is 2. The molecule has 0 heterocycles. The lowest BCUT2D eigenvalue weighted by Gasteiger charge is -2.23. The van der Waals surface area contributed by atoms with Gasteiger partial charge in [0.2, 0.25) is 11.8 Å². The number of guanidine groups is 1. The summed E-state index contributed by atoms with van der Waals surface area (Å²) in [6, 6.07) is 25.8. The van der Waals surface area contributed by atoms with E-state index in [1.54, 1.807) is 0 Å². The standard InChI is InChI=1S/C31H37N5O4/c1-40-27(37)19-18-22-14-16-23(17-15-22)21-35-29(38)26(13-8-20-34-31(32)33)36-30(39)28(24-9-4-2-5-10-24)25-11-6-3-7-12-25/h2-7,9-12,14-17,26,28H,8,13,18-21H2,1H3,(H,35,38)(H,36,39)(H4,32,33,34)/t26-/m1/s1. The van der Waals surface area contributed by atoms with Crippen molar-refractivity contribution in [3.8, 4) is 0 Å². The van der Waals surface area contributed by atoms with E-state index in [0.717, 1.165) is 22.3 Å². The first kappa shape index (κ1) is 29.9. The highest BCUT2D eigenvalue weighted by atomic mass is 16.5. The number of hydrogen-bond donors (Lipinski definition) is 4. The zero-order valence-corrected chi connectivity index (χ0v) is 22.7. The second-order valence-electron chi connectivity index (χ2n) is 9.37. The minimum Gasteiger partial charge on any atom is -0.469 e. The molecule has 0 saturated carbocycles. The molecular formula is C31H37N5O4. The Balaban J connectivity index is 1.70. The monoisotopic (exact) mass is 543 g/mol. The number of esters is 1. The molecule has 210 valence electrons. The van der Waals surface area contributed by atoms with Gasteiger partial charge in [0, 0.05) is 19.5 Å². The molecule has 3 rings (SSSR count). The van der Waals surface area contributed by atoms with Crippen molar-refractivity contribution in [3.63, 3.8) is 0 Å². The number of nitrogens with zero attached hydrogens (tertiary/aromatic N) is 1. The van der Waals surface area contributed by atoms with Gasteiger partial charge in [-0.2, -0.15) is 0 Å². The molecule has 40 heavy (non-hydrogen) atoms. The van der Waals surface area contributed by atoms with Gasteiger partial charge in [-0.15, -0.1) is 0 Å². The number of nitrogens with two attached hydrogens (primary N) is 2. The van der Waals surface area contributed by atoms with Gasteiger partial charge in [-0.25, -0.2) is 0 Å². The van der Waals surface area contributed by atoms with Crippen LogP contribution in [0.3, 0.4) is 0 Å². The van der Waals surface area contributed by atoms with Gasteiger partial charge in [0.15, 0.2) is 5.96 Å². The molecule has 0 aliphatic carbocycles. The average Bonchev–Trinajstić information content (AvgIpc) is 2.97. The van der Waals surface area contributed by atoms with E-state index in [2.05, 4.69) is 20.4 Å². The van der Waals surface area contributed by atoms with Crippen LogP contribution < -0.4 is 22.1 Å². The maximum atomic E-state index is 13.7. The van der Waals surface area contributed by atoms with Crippen LogP contribution in [0.1, 0.15) is 47.4 Å². The average molecular weight is 544 g/mol. The lowest BCUT2D eigenvalue weighted by atomic mass is 9.90. The molecule has 9 heteroatoms. The molecule has 1 atom stereocenters. The molecule has 0 aliphatic heterocycles. The topological polar surface area (TPSA) is 149 Å². The number of aliphatic imine (C=N–C) groups is 1. The van der Waals surface area contributed by atoms with E-state index in [1.807, 2.05) is 84.9 Å². The number of nitrogens with one attached hydrogen (secondary N) is 2. The van der Waals surface area contributed by atoms with Gasteiger partial charge in [-0.3, -0.25) is 19.4 Å². The fourth-order valence-electron chi connectivity index (χ4n) is 4.30. The summed E-state index contributed by atoms with van der Waals surface area (Å²) in [4.78, 5) is 42.3. The van der Waals surface area contributed by atoms with E-state index in [9.17, 15) is 14.4 Å². The van der Waals surface area contributed by atoms with Crippen LogP contribution >= 0.6 is 0 Å². The molecule has 2 amide bonds. The normalized spacial score (nSPS) is 11.3. The van der Waals surface area contributed by atoms with Gasteiger partial charge in [-0.05, 0) is 41.5 Å². The third-order valence-corrected chi connectivity index (χ3v) is 6.44. The Morgan fingerprint density at radius 3 is 1.95 bits per heavy atom. The zero-order valence-electron chi connectivity index (χ0n) is 22.7. The highest BCUT2D eigenvalue weighted by molar-refractivity contribution is 5.92. The lowest BCUT2D eigenvalue weighted by molar-refractivity contribution is -0.140. The summed E-state index contributed by atoms with van der Waals surface area (Å²) in [6.07, 6.45) is 1.75. The Morgan fingerprint density at radius 1 is 0.825 bits per heavy atom. The number of methoxy groups -OCH3 is 1. The molecule has 0 aromatic heterocycles. The second-order valence-corrected chi connectivity index (χ2v) is 9.37. The maximum absolute atomic E-state index is 13.7. The van der Waals surface area contributed by atoms with Gasteiger partial charge >= 0.3 is 5.97 Å². The molecule has 9 nitrogen and oxygen atoms in total. The van der Waals surface area contributed by atoms with Gasteiger partial charge in [0.25, 0.3) is 0 Å². The second kappa shape index (κ2) is 15.7. The number of aryl methyl sites for hydroxylation is 1. The van der Waals surface area contributed by atoms with Gasteiger partial charge in [0.05, 0.1) is 13.0 Å². The van der Waals surface area contributed by atoms with E-state index in [-0.39, 0.29) is 30.3 Å². The van der Waals surface area contributed by atoms with Crippen LogP contribution in [0, 0.1) is 0 Å². The minimum absolute atomic E-state index is 0.0201. The van der Waals surface area contributed by atoms with Crippen LogP contribution in [0.5, 0.6) is 0 Å².